The molecule has 0 saturated carbocycles. The van der Waals surface area contributed by atoms with Gasteiger partial charge >= 0.3 is 5.97 Å². The SMILES string of the molecule is CCOc1cc(/C=C2\SC(=O)N(Cc3cccc4ccccc34)C2=O)cc(Cl)c1OCC(=O)OC. The number of imide groups is 1. The maximum Gasteiger partial charge on any atom is 0.343 e. The number of hydrogen-bond acceptors (Lipinski definition) is 7. The highest BCUT2D eigenvalue weighted by Crippen LogP contribution is 2.39. The fraction of sp³-hybridized carbons (Fsp3) is 0.192. The Morgan fingerprint density at radius 3 is 2.63 bits per heavy atom. The summed E-state index contributed by atoms with van der Waals surface area (Å²) < 4.78 is 15.7. The molecule has 1 heterocycles. The summed E-state index contributed by atoms with van der Waals surface area (Å²) in [5, 5.41) is 1.89. The summed E-state index contributed by atoms with van der Waals surface area (Å²) in [6, 6.07) is 16.9. The van der Waals surface area contributed by atoms with Gasteiger partial charge in [0, 0.05) is 0 Å². The van der Waals surface area contributed by atoms with Crippen molar-refractivity contribution < 1.29 is 28.6 Å². The molecule has 9 heteroatoms. The van der Waals surface area contributed by atoms with E-state index in [0.29, 0.717) is 17.9 Å². The fourth-order valence-corrected chi connectivity index (χ4v) is 4.76. The smallest absolute Gasteiger partial charge is 0.343 e. The number of benzene rings is 3. The van der Waals surface area contributed by atoms with E-state index < -0.39 is 5.97 Å². The molecule has 0 aromatic heterocycles. The standard InChI is InChI=1S/C26H22ClNO6S/c1-3-33-21-12-16(11-20(27)24(21)34-15-23(29)32-2)13-22-25(30)28(26(31)35-22)14-18-9-6-8-17-7-4-5-10-19(17)18/h4-13H,3,14-15H2,1-2H3/b22-13-. The molecule has 3 aromatic rings. The van der Waals surface area contributed by atoms with Crippen molar-refractivity contribution in [1.29, 1.82) is 0 Å². The number of rotatable bonds is 8. The maximum atomic E-state index is 13.1. The molecule has 0 unspecified atom stereocenters. The van der Waals surface area contributed by atoms with E-state index >= 15 is 0 Å². The van der Waals surface area contributed by atoms with Crippen molar-refractivity contribution >= 4 is 57.3 Å². The van der Waals surface area contributed by atoms with E-state index in [4.69, 9.17) is 21.1 Å². The molecule has 0 atom stereocenters. The van der Waals surface area contributed by atoms with Crippen LogP contribution in [0.1, 0.15) is 18.1 Å². The number of carbonyl (C=O) groups is 3. The zero-order valence-electron chi connectivity index (χ0n) is 19.1. The summed E-state index contributed by atoms with van der Waals surface area (Å²) in [5.74, 6) is -0.439. The lowest BCUT2D eigenvalue weighted by Crippen LogP contribution is -2.27. The van der Waals surface area contributed by atoms with E-state index in [0.717, 1.165) is 28.1 Å². The zero-order chi connectivity index (χ0) is 24.9. The van der Waals surface area contributed by atoms with Crippen molar-refractivity contribution in [1.82, 2.24) is 4.90 Å². The normalized spacial score (nSPS) is 14.6. The molecule has 0 aliphatic carbocycles. The second kappa shape index (κ2) is 10.8. The first-order chi connectivity index (χ1) is 16.9. The van der Waals surface area contributed by atoms with Crippen LogP contribution in [-0.2, 0) is 20.9 Å². The third-order valence-electron chi connectivity index (χ3n) is 5.27. The van der Waals surface area contributed by atoms with Crippen LogP contribution in [0.2, 0.25) is 5.02 Å². The van der Waals surface area contributed by atoms with Gasteiger partial charge in [0.15, 0.2) is 18.1 Å². The van der Waals surface area contributed by atoms with Gasteiger partial charge in [0.25, 0.3) is 11.1 Å². The van der Waals surface area contributed by atoms with Crippen LogP contribution in [-0.4, -0.2) is 42.3 Å². The average Bonchev–Trinajstić information content (AvgIpc) is 3.11. The van der Waals surface area contributed by atoms with Gasteiger partial charge in [0.2, 0.25) is 0 Å². The molecule has 1 fully saturated rings. The first-order valence-electron chi connectivity index (χ1n) is 10.8. The first-order valence-corrected chi connectivity index (χ1v) is 12.0. The Morgan fingerprint density at radius 2 is 1.86 bits per heavy atom. The summed E-state index contributed by atoms with van der Waals surface area (Å²) in [6.07, 6.45) is 1.59. The predicted octanol–water partition coefficient (Wildman–Crippen LogP) is 5.68. The lowest BCUT2D eigenvalue weighted by atomic mass is 10.0. The third kappa shape index (κ3) is 5.44. The number of amides is 2. The third-order valence-corrected chi connectivity index (χ3v) is 6.46. The van der Waals surface area contributed by atoms with Gasteiger partial charge < -0.3 is 14.2 Å². The van der Waals surface area contributed by atoms with Crippen molar-refractivity contribution in [3.63, 3.8) is 0 Å². The van der Waals surface area contributed by atoms with Gasteiger partial charge in [-0.3, -0.25) is 14.5 Å². The molecule has 7 nitrogen and oxygen atoms in total. The number of methoxy groups -OCH3 is 1. The summed E-state index contributed by atoms with van der Waals surface area (Å²) in [7, 11) is 1.26. The number of esters is 1. The highest BCUT2D eigenvalue weighted by atomic mass is 35.5. The maximum absolute atomic E-state index is 13.1. The number of carbonyl (C=O) groups excluding carboxylic acids is 3. The molecule has 2 amide bonds. The van der Waals surface area contributed by atoms with Gasteiger partial charge in [-0.15, -0.1) is 0 Å². The van der Waals surface area contributed by atoms with Crippen LogP contribution in [0.4, 0.5) is 4.79 Å². The van der Waals surface area contributed by atoms with Crippen LogP contribution in [0.15, 0.2) is 59.5 Å². The zero-order valence-corrected chi connectivity index (χ0v) is 20.7. The highest BCUT2D eigenvalue weighted by Gasteiger charge is 2.35. The van der Waals surface area contributed by atoms with E-state index in [1.54, 1.807) is 25.1 Å². The topological polar surface area (TPSA) is 82.1 Å². The summed E-state index contributed by atoms with van der Waals surface area (Å²) in [6.45, 7) is 1.97. The molecule has 1 aliphatic rings. The van der Waals surface area contributed by atoms with E-state index in [2.05, 4.69) is 4.74 Å². The fourth-order valence-electron chi connectivity index (χ4n) is 3.65. The summed E-state index contributed by atoms with van der Waals surface area (Å²) in [5.41, 5.74) is 1.44. The minimum atomic E-state index is -0.563. The van der Waals surface area contributed by atoms with E-state index in [1.165, 1.54) is 12.0 Å². The van der Waals surface area contributed by atoms with Crippen LogP contribution in [0.3, 0.4) is 0 Å². The Morgan fingerprint density at radius 1 is 1.09 bits per heavy atom. The molecule has 3 aromatic carbocycles. The van der Waals surface area contributed by atoms with Crippen molar-refractivity contribution in [2.45, 2.75) is 13.5 Å². The molecule has 180 valence electrons. The first kappa shape index (κ1) is 24.6. The summed E-state index contributed by atoms with van der Waals surface area (Å²) >= 11 is 7.25. The number of nitrogens with zero attached hydrogens (tertiary/aromatic N) is 1. The van der Waals surface area contributed by atoms with Gasteiger partial charge in [-0.1, -0.05) is 54.1 Å². The molecule has 0 radical (unpaired) electrons. The number of ether oxygens (including phenoxy) is 3. The Labute approximate surface area is 211 Å². The van der Waals surface area contributed by atoms with Crippen molar-refractivity contribution in [3.05, 3.63) is 75.7 Å². The monoisotopic (exact) mass is 511 g/mol. The van der Waals surface area contributed by atoms with Crippen LogP contribution >= 0.6 is 23.4 Å². The predicted molar refractivity (Wildman–Crippen MR) is 136 cm³/mol. The number of hydrogen-bond donors (Lipinski definition) is 0. The molecule has 1 saturated heterocycles. The second-order valence-electron chi connectivity index (χ2n) is 7.53. The lowest BCUT2D eigenvalue weighted by Gasteiger charge is -2.15. The quantitative estimate of drug-likeness (QED) is 0.284. The van der Waals surface area contributed by atoms with Gasteiger partial charge in [0.1, 0.15) is 0 Å². The molecule has 1 aliphatic heterocycles. The Bertz CT molecular complexity index is 1330. The molecular weight excluding hydrogens is 490 g/mol. The van der Waals surface area contributed by atoms with Gasteiger partial charge in [-0.05, 0) is 58.8 Å². The van der Waals surface area contributed by atoms with Crippen molar-refractivity contribution in [2.24, 2.45) is 0 Å². The van der Waals surface area contributed by atoms with Crippen LogP contribution < -0.4 is 9.47 Å². The second-order valence-corrected chi connectivity index (χ2v) is 8.93. The highest BCUT2D eigenvalue weighted by molar-refractivity contribution is 8.18. The number of halogens is 1. The van der Waals surface area contributed by atoms with Crippen molar-refractivity contribution in [3.8, 4) is 11.5 Å². The molecular formula is C26H22ClNO6S. The van der Waals surface area contributed by atoms with Crippen LogP contribution in [0.5, 0.6) is 11.5 Å². The molecule has 0 bridgehead atoms. The van der Waals surface area contributed by atoms with E-state index in [9.17, 15) is 14.4 Å². The average molecular weight is 512 g/mol. The molecule has 0 N–H and O–H groups in total. The largest absolute Gasteiger partial charge is 0.490 e. The number of fused-ring (bicyclic) bond motifs is 1. The Kier molecular flexibility index (Phi) is 7.63. The van der Waals surface area contributed by atoms with Crippen molar-refractivity contribution in [2.75, 3.05) is 20.3 Å². The van der Waals surface area contributed by atoms with E-state index in [-0.39, 0.29) is 40.0 Å². The van der Waals surface area contributed by atoms with Crippen LogP contribution in [0.25, 0.3) is 16.8 Å². The Balaban J connectivity index is 1.59. The van der Waals surface area contributed by atoms with Gasteiger partial charge in [-0.25, -0.2) is 4.79 Å². The summed E-state index contributed by atoms with van der Waals surface area (Å²) in [4.78, 5) is 38.8. The number of thioether (sulfide) groups is 1. The molecule has 4 rings (SSSR count). The lowest BCUT2D eigenvalue weighted by molar-refractivity contribution is -0.142. The minimum Gasteiger partial charge on any atom is -0.490 e. The minimum absolute atomic E-state index is 0.175. The molecule has 35 heavy (non-hydrogen) atoms. The van der Waals surface area contributed by atoms with Gasteiger partial charge in [-0.2, -0.15) is 0 Å². The molecule has 0 spiro atoms. The van der Waals surface area contributed by atoms with Crippen LogP contribution in [0, 0.1) is 0 Å². The van der Waals surface area contributed by atoms with E-state index in [1.807, 2.05) is 42.5 Å². The van der Waals surface area contributed by atoms with Gasteiger partial charge in [0.05, 0.1) is 30.2 Å². The Hall–Kier alpha value is -3.49.